The highest BCUT2D eigenvalue weighted by Gasteiger charge is 2.35. The lowest BCUT2D eigenvalue weighted by molar-refractivity contribution is 0.661. The Morgan fingerprint density at radius 2 is 0.810 bits per heavy atom. The second-order valence-electron chi connectivity index (χ2n) is 17.0. The van der Waals surface area contributed by atoms with Gasteiger partial charge in [-0.1, -0.05) is 196 Å². The molecule has 11 aromatic rings. The van der Waals surface area contributed by atoms with E-state index in [9.17, 15) is 0 Å². The van der Waals surface area contributed by atoms with E-state index in [0.29, 0.717) is 0 Å². The van der Waals surface area contributed by atoms with Gasteiger partial charge in [-0.3, -0.25) is 0 Å². The molecule has 0 fully saturated rings. The van der Waals surface area contributed by atoms with Crippen LogP contribution in [0.2, 0.25) is 0 Å². The van der Waals surface area contributed by atoms with E-state index in [0.717, 1.165) is 33.3 Å². The summed E-state index contributed by atoms with van der Waals surface area (Å²) in [4.78, 5) is 0. The molecule has 1 aliphatic carbocycles. The molecule has 2 nitrogen and oxygen atoms in total. The number of hydrogen-bond acceptors (Lipinski definition) is 2. The maximum Gasteiger partial charge on any atom is 0.135 e. The maximum atomic E-state index is 5.96. The smallest absolute Gasteiger partial charge is 0.135 e. The molecule has 2 heteroatoms. The molecule has 0 amide bonds. The summed E-state index contributed by atoms with van der Waals surface area (Å²) in [6, 6.07) is 82.0. The minimum Gasteiger partial charge on any atom is -0.456 e. The molecule has 0 spiro atoms. The number of rotatable bonds is 6. The Morgan fingerprint density at radius 1 is 0.317 bits per heavy atom. The summed E-state index contributed by atoms with van der Waals surface area (Å²) in [5.41, 5.74) is 19.4. The van der Waals surface area contributed by atoms with Crippen molar-refractivity contribution in [1.29, 1.82) is 0 Å². The molecule has 12 rings (SSSR count). The fourth-order valence-electron chi connectivity index (χ4n) is 9.39. The summed E-state index contributed by atoms with van der Waals surface area (Å²) in [5, 5.41) is 8.50. The molecule has 0 saturated carbocycles. The third-order valence-corrected chi connectivity index (χ3v) is 12.8. The molecule has 0 aliphatic heterocycles. The van der Waals surface area contributed by atoms with Crippen LogP contribution in [0.3, 0.4) is 0 Å². The Bertz CT molecular complexity index is 3410. The SMILES string of the molecule is CC1(C)c2cc(Nc3ccc(-c4ccccc4)cc3)ccc2-c2ccc(-c3ccccc3)cc21.c1ccc2c(-c3ccc(-c4ccc5oc6ccccc6c5c4)cc3)cccc2c1. The fourth-order valence-corrected chi connectivity index (χ4v) is 9.39. The molecule has 10 aromatic carbocycles. The Balaban J connectivity index is 0.000000143. The van der Waals surface area contributed by atoms with Gasteiger partial charge in [0, 0.05) is 27.6 Å². The highest BCUT2D eigenvalue weighted by Crippen LogP contribution is 2.50. The van der Waals surface area contributed by atoms with Crippen LogP contribution in [-0.4, -0.2) is 0 Å². The molecule has 1 aromatic heterocycles. The van der Waals surface area contributed by atoms with Crippen molar-refractivity contribution in [1.82, 2.24) is 0 Å². The lowest BCUT2D eigenvalue weighted by Gasteiger charge is -2.23. The lowest BCUT2D eigenvalue weighted by Crippen LogP contribution is -2.15. The van der Waals surface area contributed by atoms with Gasteiger partial charge in [0.1, 0.15) is 11.2 Å². The molecular formula is C61H45NO. The van der Waals surface area contributed by atoms with Gasteiger partial charge in [0.05, 0.1) is 0 Å². The predicted molar refractivity (Wildman–Crippen MR) is 267 cm³/mol. The largest absolute Gasteiger partial charge is 0.456 e. The first kappa shape index (κ1) is 38.0. The zero-order valence-corrected chi connectivity index (χ0v) is 35.3. The van der Waals surface area contributed by atoms with Crippen molar-refractivity contribution in [2.75, 3.05) is 5.32 Å². The van der Waals surface area contributed by atoms with E-state index in [1.165, 1.54) is 77.5 Å². The third kappa shape index (κ3) is 7.16. The first-order valence-corrected chi connectivity index (χ1v) is 21.7. The van der Waals surface area contributed by atoms with Crippen molar-refractivity contribution in [3.63, 3.8) is 0 Å². The molecule has 1 heterocycles. The summed E-state index contributed by atoms with van der Waals surface area (Å²) in [6.45, 7) is 4.68. The normalized spacial score (nSPS) is 12.4. The number of anilines is 2. The average Bonchev–Trinajstić information content (AvgIpc) is 3.83. The number of hydrogen-bond donors (Lipinski definition) is 1. The van der Waals surface area contributed by atoms with Crippen molar-refractivity contribution in [2.45, 2.75) is 19.3 Å². The summed E-state index contributed by atoms with van der Waals surface area (Å²) in [6.07, 6.45) is 0. The van der Waals surface area contributed by atoms with E-state index in [2.05, 4.69) is 238 Å². The summed E-state index contributed by atoms with van der Waals surface area (Å²) < 4.78 is 5.96. The first-order valence-electron chi connectivity index (χ1n) is 21.7. The van der Waals surface area contributed by atoms with Crippen LogP contribution >= 0.6 is 0 Å². The van der Waals surface area contributed by atoms with Crippen molar-refractivity contribution >= 4 is 44.1 Å². The van der Waals surface area contributed by atoms with E-state index in [1.54, 1.807) is 0 Å². The molecule has 0 radical (unpaired) electrons. The van der Waals surface area contributed by atoms with Crippen molar-refractivity contribution in [3.8, 4) is 55.6 Å². The van der Waals surface area contributed by atoms with Crippen LogP contribution in [0, 0.1) is 0 Å². The van der Waals surface area contributed by atoms with Crippen LogP contribution in [-0.2, 0) is 5.41 Å². The monoisotopic (exact) mass is 807 g/mol. The number of fused-ring (bicyclic) bond motifs is 7. The van der Waals surface area contributed by atoms with Gasteiger partial charge in [0.15, 0.2) is 0 Å². The quantitative estimate of drug-likeness (QED) is 0.181. The first-order chi connectivity index (χ1) is 31.0. The minimum atomic E-state index is -0.0513. The highest BCUT2D eigenvalue weighted by atomic mass is 16.3. The van der Waals surface area contributed by atoms with Crippen molar-refractivity contribution in [3.05, 3.63) is 242 Å². The molecule has 0 unspecified atom stereocenters. The topological polar surface area (TPSA) is 25.2 Å². The molecule has 1 N–H and O–H groups in total. The average molecular weight is 808 g/mol. The lowest BCUT2D eigenvalue weighted by atomic mass is 9.81. The van der Waals surface area contributed by atoms with E-state index in [-0.39, 0.29) is 5.41 Å². The standard InChI is InChI=1S/C33H27N.C28H18O/c1-33(2)31-21-26(24-11-7-4-8-12-24)15-19-29(31)30-20-18-28(22-32(30)33)34-27-16-13-25(14-17-27)23-9-5-3-6-10-23;1-2-8-23-20(6-1)7-5-10-24(23)21-14-12-19(13-15-21)22-16-17-28-26(18-22)25-9-3-4-11-27(25)29-28/h3-22,34H,1-2H3;1-18H. The third-order valence-electron chi connectivity index (χ3n) is 12.8. The molecule has 300 valence electrons. The summed E-state index contributed by atoms with van der Waals surface area (Å²) >= 11 is 0. The maximum absolute atomic E-state index is 5.96. The molecule has 0 saturated heterocycles. The number of para-hydroxylation sites is 1. The van der Waals surface area contributed by atoms with Gasteiger partial charge in [-0.2, -0.15) is 0 Å². The van der Waals surface area contributed by atoms with Crippen LogP contribution in [0.5, 0.6) is 0 Å². The molecule has 63 heavy (non-hydrogen) atoms. The minimum absolute atomic E-state index is 0.0513. The van der Waals surface area contributed by atoms with E-state index < -0.39 is 0 Å². The molecule has 1 aliphatic rings. The van der Waals surface area contributed by atoms with Crippen LogP contribution in [0.15, 0.2) is 235 Å². The Labute approximate surface area is 368 Å². The van der Waals surface area contributed by atoms with Gasteiger partial charge in [-0.05, 0) is 126 Å². The molecule has 0 bridgehead atoms. The zero-order valence-electron chi connectivity index (χ0n) is 35.3. The highest BCUT2D eigenvalue weighted by molar-refractivity contribution is 6.06. The van der Waals surface area contributed by atoms with Crippen LogP contribution in [0.25, 0.3) is 88.3 Å². The Morgan fingerprint density at radius 3 is 1.57 bits per heavy atom. The molecular weight excluding hydrogens is 763 g/mol. The van der Waals surface area contributed by atoms with Crippen molar-refractivity contribution < 1.29 is 4.42 Å². The molecule has 0 atom stereocenters. The number of furan rings is 1. The summed E-state index contributed by atoms with van der Waals surface area (Å²) in [7, 11) is 0. The second kappa shape index (κ2) is 15.8. The second-order valence-corrected chi connectivity index (χ2v) is 17.0. The van der Waals surface area contributed by atoms with Gasteiger partial charge in [0.25, 0.3) is 0 Å². The van der Waals surface area contributed by atoms with E-state index in [1.807, 2.05) is 12.1 Å². The van der Waals surface area contributed by atoms with Crippen LogP contribution < -0.4 is 5.32 Å². The van der Waals surface area contributed by atoms with E-state index >= 15 is 0 Å². The van der Waals surface area contributed by atoms with Gasteiger partial charge in [-0.25, -0.2) is 0 Å². The Hall–Kier alpha value is -7.94. The Kier molecular flexibility index (Phi) is 9.55. The fraction of sp³-hybridized carbons (Fsp3) is 0.0492. The summed E-state index contributed by atoms with van der Waals surface area (Å²) in [5.74, 6) is 0. The van der Waals surface area contributed by atoms with Crippen LogP contribution in [0.4, 0.5) is 11.4 Å². The van der Waals surface area contributed by atoms with Crippen molar-refractivity contribution in [2.24, 2.45) is 0 Å². The predicted octanol–water partition coefficient (Wildman–Crippen LogP) is 17.1. The number of nitrogens with one attached hydrogen (secondary N) is 1. The zero-order chi connectivity index (χ0) is 42.3. The van der Waals surface area contributed by atoms with Crippen LogP contribution in [0.1, 0.15) is 25.0 Å². The van der Waals surface area contributed by atoms with Gasteiger partial charge < -0.3 is 9.73 Å². The van der Waals surface area contributed by atoms with Gasteiger partial charge >= 0.3 is 0 Å². The van der Waals surface area contributed by atoms with E-state index in [4.69, 9.17) is 4.42 Å². The van der Waals surface area contributed by atoms with Gasteiger partial charge in [0.2, 0.25) is 0 Å². The number of benzene rings is 10. The van der Waals surface area contributed by atoms with Gasteiger partial charge in [-0.15, -0.1) is 0 Å².